The normalized spacial score (nSPS) is 11.1. The van der Waals surface area contributed by atoms with E-state index in [9.17, 15) is 0 Å². The Bertz CT molecular complexity index is 726. The number of hydrogen-bond donors (Lipinski definition) is 1. The highest BCUT2D eigenvalue weighted by molar-refractivity contribution is 5.81. The summed E-state index contributed by atoms with van der Waals surface area (Å²) in [7, 11) is 4.02. The van der Waals surface area contributed by atoms with Crippen LogP contribution in [0.2, 0.25) is 0 Å². The van der Waals surface area contributed by atoms with Gasteiger partial charge in [-0.25, -0.2) is 5.43 Å². The number of oxazole rings is 1. The lowest BCUT2D eigenvalue weighted by atomic mass is 10.2. The molecule has 0 radical (unpaired) electrons. The van der Waals surface area contributed by atoms with Gasteiger partial charge in [-0.3, -0.25) is 0 Å². The third-order valence-corrected chi connectivity index (χ3v) is 3.08. The zero-order valence-corrected chi connectivity index (χ0v) is 11.9. The van der Waals surface area contributed by atoms with Crippen LogP contribution in [0, 0.1) is 0 Å². The lowest BCUT2D eigenvalue weighted by Crippen LogP contribution is -2.08. The topological polar surface area (TPSA) is 53.7 Å². The first-order chi connectivity index (χ1) is 10.2. The third-order valence-electron chi connectivity index (χ3n) is 3.08. The second kappa shape index (κ2) is 5.66. The molecular formula is C16H16N4O. The van der Waals surface area contributed by atoms with Crippen LogP contribution >= 0.6 is 0 Å². The second-order valence-electron chi connectivity index (χ2n) is 4.84. The van der Waals surface area contributed by atoms with Crippen molar-refractivity contribution < 1.29 is 4.42 Å². The number of benzene rings is 2. The highest BCUT2D eigenvalue weighted by atomic mass is 16.4. The molecule has 0 bridgehead atoms. The third kappa shape index (κ3) is 3.02. The largest absolute Gasteiger partial charge is 0.422 e. The number of nitrogens with one attached hydrogen (secondary N) is 1. The van der Waals surface area contributed by atoms with E-state index in [-0.39, 0.29) is 0 Å². The van der Waals surface area contributed by atoms with E-state index in [1.54, 1.807) is 6.21 Å². The lowest BCUT2D eigenvalue weighted by Gasteiger charge is -2.11. The number of fused-ring (bicyclic) bond motifs is 1. The number of nitrogens with zero attached hydrogens (tertiary/aromatic N) is 3. The molecule has 0 amide bonds. The van der Waals surface area contributed by atoms with Gasteiger partial charge in [0.05, 0.1) is 6.21 Å². The highest BCUT2D eigenvalue weighted by Gasteiger charge is 2.02. The van der Waals surface area contributed by atoms with Gasteiger partial charge in [-0.05, 0) is 29.8 Å². The van der Waals surface area contributed by atoms with Gasteiger partial charge in [0.15, 0.2) is 5.58 Å². The molecule has 0 aliphatic heterocycles. The number of anilines is 2. The van der Waals surface area contributed by atoms with Crippen molar-refractivity contribution in [2.24, 2.45) is 5.10 Å². The first kappa shape index (κ1) is 13.2. The van der Waals surface area contributed by atoms with E-state index in [0.717, 1.165) is 22.4 Å². The molecule has 1 N–H and O–H groups in total. The van der Waals surface area contributed by atoms with E-state index >= 15 is 0 Å². The molecule has 1 aromatic heterocycles. The summed E-state index contributed by atoms with van der Waals surface area (Å²) in [5, 5.41) is 4.14. The molecule has 0 spiro atoms. The van der Waals surface area contributed by atoms with Crippen LogP contribution in [0.3, 0.4) is 0 Å². The van der Waals surface area contributed by atoms with E-state index in [1.165, 1.54) is 0 Å². The molecule has 5 heteroatoms. The fraction of sp³-hybridized carbons (Fsp3) is 0.125. The molecule has 0 saturated carbocycles. The number of rotatable bonds is 4. The summed E-state index contributed by atoms with van der Waals surface area (Å²) in [6.45, 7) is 0. The summed E-state index contributed by atoms with van der Waals surface area (Å²) in [5.74, 6) is 0. The zero-order chi connectivity index (χ0) is 14.7. The van der Waals surface area contributed by atoms with Crippen molar-refractivity contribution in [3.05, 3.63) is 54.1 Å². The molecule has 0 saturated heterocycles. The molecule has 5 nitrogen and oxygen atoms in total. The lowest BCUT2D eigenvalue weighted by molar-refractivity contribution is 0.617. The van der Waals surface area contributed by atoms with Crippen molar-refractivity contribution in [2.45, 2.75) is 0 Å². The molecule has 0 fully saturated rings. The Labute approximate surface area is 122 Å². The van der Waals surface area contributed by atoms with Gasteiger partial charge in [0, 0.05) is 19.8 Å². The minimum atomic E-state index is 0.386. The predicted octanol–water partition coefficient (Wildman–Crippen LogP) is 3.34. The van der Waals surface area contributed by atoms with E-state index < -0.39 is 0 Å². The van der Waals surface area contributed by atoms with Gasteiger partial charge >= 0.3 is 6.01 Å². The summed E-state index contributed by atoms with van der Waals surface area (Å²) >= 11 is 0. The Hall–Kier alpha value is -2.82. The fourth-order valence-electron chi connectivity index (χ4n) is 1.94. The summed E-state index contributed by atoms with van der Waals surface area (Å²) in [4.78, 5) is 6.34. The number of hydrazone groups is 1. The number of hydrogen-bond acceptors (Lipinski definition) is 5. The average molecular weight is 280 g/mol. The quantitative estimate of drug-likeness (QED) is 0.588. The van der Waals surface area contributed by atoms with Crippen LogP contribution in [-0.2, 0) is 0 Å². The van der Waals surface area contributed by atoms with Crippen LogP contribution in [-0.4, -0.2) is 25.3 Å². The second-order valence-corrected chi connectivity index (χ2v) is 4.84. The Morgan fingerprint density at radius 1 is 1.10 bits per heavy atom. The monoisotopic (exact) mass is 280 g/mol. The highest BCUT2D eigenvalue weighted by Crippen LogP contribution is 2.17. The summed E-state index contributed by atoms with van der Waals surface area (Å²) in [6, 6.07) is 16.1. The molecule has 0 atom stereocenters. The maximum atomic E-state index is 5.51. The molecule has 0 aliphatic carbocycles. The van der Waals surface area contributed by atoms with Gasteiger partial charge in [-0.15, -0.1) is 0 Å². The average Bonchev–Trinajstić information content (AvgIpc) is 2.90. The van der Waals surface area contributed by atoms with Gasteiger partial charge in [0.25, 0.3) is 0 Å². The van der Waals surface area contributed by atoms with Gasteiger partial charge in [0.1, 0.15) is 5.52 Å². The Kier molecular flexibility index (Phi) is 3.55. The Morgan fingerprint density at radius 3 is 2.57 bits per heavy atom. The Morgan fingerprint density at radius 2 is 1.86 bits per heavy atom. The van der Waals surface area contributed by atoms with E-state index in [0.29, 0.717) is 6.01 Å². The van der Waals surface area contributed by atoms with Gasteiger partial charge in [0.2, 0.25) is 0 Å². The van der Waals surface area contributed by atoms with Gasteiger partial charge in [-0.2, -0.15) is 10.1 Å². The summed E-state index contributed by atoms with van der Waals surface area (Å²) in [6.07, 6.45) is 1.73. The van der Waals surface area contributed by atoms with Crippen molar-refractivity contribution in [1.29, 1.82) is 0 Å². The first-order valence-corrected chi connectivity index (χ1v) is 6.64. The van der Waals surface area contributed by atoms with Crippen molar-refractivity contribution >= 4 is 29.0 Å². The molecule has 0 aliphatic rings. The molecular weight excluding hydrogens is 264 g/mol. The minimum absolute atomic E-state index is 0.386. The van der Waals surface area contributed by atoms with Crippen LogP contribution in [0.25, 0.3) is 11.1 Å². The maximum absolute atomic E-state index is 5.51. The van der Waals surface area contributed by atoms with Crippen LogP contribution in [0.1, 0.15) is 5.56 Å². The Balaban J connectivity index is 1.68. The van der Waals surface area contributed by atoms with Crippen molar-refractivity contribution in [3.63, 3.8) is 0 Å². The number of para-hydroxylation sites is 2. The zero-order valence-electron chi connectivity index (χ0n) is 11.9. The fourth-order valence-corrected chi connectivity index (χ4v) is 1.94. The molecule has 2 aromatic carbocycles. The van der Waals surface area contributed by atoms with E-state index in [1.807, 2.05) is 62.6 Å². The minimum Gasteiger partial charge on any atom is -0.422 e. The van der Waals surface area contributed by atoms with Crippen LogP contribution < -0.4 is 10.3 Å². The standard InChI is InChI=1S/C16H16N4O/c1-20(2)13-9-7-12(8-10-13)11-17-19-16-18-14-5-3-4-6-15(14)21-16/h3-11H,1-2H3,(H,18,19)/b17-11-. The summed E-state index contributed by atoms with van der Waals surface area (Å²) < 4.78 is 5.51. The smallest absolute Gasteiger partial charge is 0.316 e. The molecule has 3 aromatic rings. The molecule has 3 rings (SSSR count). The number of aromatic nitrogens is 1. The SMILES string of the molecule is CN(C)c1ccc(/C=N\Nc2nc3ccccc3o2)cc1. The van der Waals surface area contributed by atoms with Crippen LogP contribution in [0.5, 0.6) is 0 Å². The maximum Gasteiger partial charge on any atom is 0.316 e. The first-order valence-electron chi connectivity index (χ1n) is 6.64. The van der Waals surface area contributed by atoms with E-state index in [4.69, 9.17) is 4.42 Å². The summed E-state index contributed by atoms with van der Waals surface area (Å²) in [5.41, 5.74) is 6.51. The van der Waals surface area contributed by atoms with Crippen molar-refractivity contribution in [3.8, 4) is 0 Å². The van der Waals surface area contributed by atoms with Crippen molar-refractivity contribution in [1.82, 2.24) is 4.98 Å². The molecule has 21 heavy (non-hydrogen) atoms. The van der Waals surface area contributed by atoms with Gasteiger partial charge in [-0.1, -0.05) is 24.3 Å². The molecule has 1 heterocycles. The van der Waals surface area contributed by atoms with Crippen LogP contribution in [0.15, 0.2) is 58.0 Å². The van der Waals surface area contributed by atoms with Crippen LogP contribution in [0.4, 0.5) is 11.7 Å². The molecule has 0 unspecified atom stereocenters. The predicted molar refractivity (Wildman–Crippen MR) is 86.0 cm³/mol. The van der Waals surface area contributed by atoms with E-state index in [2.05, 4.69) is 20.4 Å². The van der Waals surface area contributed by atoms with Gasteiger partial charge < -0.3 is 9.32 Å². The van der Waals surface area contributed by atoms with Crippen molar-refractivity contribution in [2.75, 3.05) is 24.4 Å². The molecule has 106 valence electrons.